The second-order valence-electron chi connectivity index (χ2n) is 4.61. The molecule has 1 unspecified atom stereocenters. The third-order valence-electron chi connectivity index (χ3n) is 3.05. The minimum Gasteiger partial charge on any atom is -0.381 e. The minimum absolute atomic E-state index is 0.0348. The van der Waals surface area contributed by atoms with Gasteiger partial charge in [-0.3, -0.25) is 0 Å². The highest BCUT2D eigenvalue weighted by Gasteiger charge is 2.34. The van der Waals surface area contributed by atoms with Crippen molar-refractivity contribution in [3.8, 4) is 6.07 Å². The van der Waals surface area contributed by atoms with Crippen molar-refractivity contribution in [2.24, 2.45) is 0 Å². The fraction of sp³-hybridized carbons (Fsp3) is 0.417. The normalized spacial score (nSPS) is 21.4. The van der Waals surface area contributed by atoms with Gasteiger partial charge in [0.2, 0.25) is 0 Å². The lowest BCUT2D eigenvalue weighted by Gasteiger charge is -2.15. The van der Waals surface area contributed by atoms with Crippen LogP contribution in [0.4, 0.5) is 18.9 Å². The Hall–Kier alpha value is -1.75. The van der Waals surface area contributed by atoms with E-state index in [-0.39, 0.29) is 17.2 Å². The predicted octanol–water partition coefficient (Wildman–Crippen LogP) is 2.18. The second-order valence-corrected chi connectivity index (χ2v) is 6.84. The van der Waals surface area contributed by atoms with Crippen LogP contribution in [0.2, 0.25) is 0 Å². The van der Waals surface area contributed by atoms with E-state index < -0.39 is 33.2 Å². The molecule has 1 aliphatic rings. The van der Waals surface area contributed by atoms with Gasteiger partial charge in [-0.05, 0) is 24.6 Å². The predicted molar refractivity (Wildman–Crippen MR) is 66.8 cm³/mol. The Kier molecular flexibility index (Phi) is 3.65. The summed E-state index contributed by atoms with van der Waals surface area (Å²) in [4.78, 5) is 0. The molecule has 1 fully saturated rings. The standard InChI is InChI=1S/C12H11F3N2O2S/c13-12(14,15)11-5-9(2-1-8(11)6-16)17-10-3-4-20(18,19)7-10/h1-2,5,10,17H,3-4,7H2. The van der Waals surface area contributed by atoms with Crippen molar-refractivity contribution in [1.82, 2.24) is 0 Å². The number of hydrogen-bond acceptors (Lipinski definition) is 4. The maximum atomic E-state index is 12.8. The van der Waals surface area contributed by atoms with Gasteiger partial charge in [0.1, 0.15) is 0 Å². The van der Waals surface area contributed by atoms with Crippen molar-refractivity contribution < 1.29 is 21.6 Å². The molecule has 1 aromatic carbocycles. The maximum absolute atomic E-state index is 12.8. The fourth-order valence-electron chi connectivity index (χ4n) is 2.11. The fourth-order valence-corrected chi connectivity index (χ4v) is 3.78. The highest BCUT2D eigenvalue weighted by Crippen LogP contribution is 2.34. The van der Waals surface area contributed by atoms with Crippen LogP contribution in [0.5, 0.6) is 0 Å². The summed E-state index contributed by atoms with van der Waals surface area (Å²) in [5.41, 5.74) is -1.31. The van der Waals surface area contributed by atoms with Crippen LogP contribution in [0.1, 0.15) is 17.5 Å². The van der Waals surface area contributed by atoms with Crippen LogP contribution < -0.4 is 5.32 Å². The van der Waals surface area contributed by atoms with Crippen LogP contribution in [-0.4, -0.2) is 26.0 Å². The molecular formula is C12H11F3N2O2S. The van der Waals surface area contributed by atoms with Gasteiger partial charge < -0.3 is 5.32 Å². The third-order valence-corrected chi connectivity index (χ3v) is 4.82. The zero-order chi connectivity index (χ0) is 15.0. The molecule has 108 valence electrons. The summed E-state index contributed by atoms with van der Waals surface area (Å²) < 4.78 is 60.9. The molecule has 20 heavy (non-hydrogen) atoms. The summed E-state index contributed by atoms with van der Waals surface area (Å²) in [6.45, 7) is 0. The monoisotopic (exact) mass is 304 g/mol. The van der Waals surface area contributed by atoms with Gasteiger partial charge in [0.15, 0.2) is 9.84 Å². The van der Waals surface area contributed by atoms with E-state index in [1.54, 1.807) is 0 Å². The van der Waals surface area contributed by atoms with Gasteiger partial charge in [-0.2, -0.15) is 18.4 Å². The lowest BCUT2D eigenvalue weighted by Crippen LogP contribution is -2.21. The van der Waals surface area contributed by atoms with Crippen LogP contribution in [0.3, 0.4) is 0 Å². The average molecular weight is 304 g/mol. The number of benzene rings is 1. The molecule has 1 saturated heterocycles. The number of anilines is 1. The second kappa shape index (κ2) is 4.98. The summed E-state index contributed by atoms with van der Waals surface area (Å²) in [6.07, 6.45) is -4.26. The Balaban J connectivity index is 2.25. The Morgan fingerprint density at radius 3 is 2.55 bits per heavy atom. The number of nitrogens with zero attached hydrogens (tertiary/aromatic N) is 1. The summed E-state index contributed by atoms with van der Waals surface area (Å²) in [5, 5.41) is 11.4. The molecule has 8 heteroatoms. The molecule has 0 aromatic heterocycles. The van der Waals surface area contributed by atoms with Crippen molar-refractivity contribution in [2.45, 2.75) is 18.6 Å². The number of rotatable bonds is 2. The summed E-state index contributed by atoms with van der Waals surface area (Å²) in [6, 6.07) is 4.36. The first-order valence-corrected chi connectivity index (χ1v) is 7.62. The zero-order valence-corrected chi connectivity index (χ0v) is 11.1. The number of sulfone groups is 1. The van der Waals surface area contributed by atoms with Crippen LogP contribution in [0, 0.1) is 11.3 Å². The van der Waals surface area contributed by atoms with Gasteiger partial charge in [-0.1, -0.05) is 0 Å². The molecule has 1 aliphatic heterocycles. The molecule has 4 nitrogen and oxygen atoms in total. The van der Waals surface area contributed by atoms with E-state index >= 15 is 0 Å². The highest BCUT2D eigenvalue weighted by atomic mass is 32.2. The topological polar surface area (TPSA) is 70.0 Å². The van der Waals surface area contributed by atoms with E-state index in [0.717, 1.165) is 12.1 Å². The highest BCUT2D eigenvalue weighted by molar-refractivity contribution is 7.91. The van der Waals surface area contributed by atoms with Crippen LogP contribution in [-0.2, 0) is 16.0 Å². The molecule has 1 N–H and O–H groups in total. The smallest absolute Gasteiger partial charge is 0.381 e. The number of nitrogens with one attached hydrogen (secondary N) is 1. The third kappa shape index (κ3) is 3.22. The molecule has 0 radical (unpaired) electrons. The van der Waals surface area contributed by atoms with E-state index in [1.165, 1.54) is 12.1 Å². The summed E-state index contributed by atoms with van der Waals surface area (Å²) in [5.74, 6) is -0.0541. The molecule has 1 aromatic rings. The number of hydrogen-bond donors (Lipinski definition) is 1. The van der Waals surface area contributed by atoms with E-state index in [0.29, 0.717) is 6.42 Å². The first-order chi connectivity index (χ1) is 9.21. The van der Waals surface area contributed by atoms with Gasteiger partial charge in [-0.15, -0.1) is 0 Å². The van der Waals surface area contributed by atoms with Crippen molar-refractivity contribution in [3.63, 3.8) is 0 Å². The van der Waals surface area contributed by atoms with Gasteiger partial charge >= 0.3 is 6.18 Å². The molecule has 1 atom stereocenters. The Labute approximate surface area is 114 Å². The van der Waals surface area contributed by atoms with Crippen molar-refractivity contribution in [2.75, 3.05) is 16.8 Å². The van der Waals surface area contributed by atoms with E-state index in [1.807, 2.05) is 0 Å². The van der Waals surface area contributed by atoms with Gasteiger partial charge in [0.05, 0.1) is 28.7 Å². The number of nitriles is 1. The molecule has 1 heterocycles. The summed E-state index contributed by atoms with van der Waals surface area (Å²) >= 11 is 0. The molecular weight excluding hydrogens is 293 g/mol. The number of alkyl halides is 3. The zero-order valence-electron chi connectivity index (χ0n) is 10.2. The summed E-state index contributed by atoms with van der Waals surface area (Å²) in [7, 11) is -3.10. The quantitative estimate of drug-likeness (QED) is 0.909. The minimum atomic E-state index is -4.62. The van der Waals surface area contributed by atoms with Gasteiger partial charge in [-0.25, -0.2) is 8.42 Å². The molecule has 0 aliphatic carbocycles. The van der Waals surface area contributed by atoms with Crippen LogP contribution >= 0.6 is 0 Å². The molecule has 0 spiro atoms. The largest absolute Gasteiger partial charge is 0.417 e. The Morgan fingerprint density at radius 2 is 2.05 bits per heavy atom. The van der Waals surface area contributed by atoms with Crippen molar-refractivity contribution >= 4 is 15.5 Å². The van der Waals surface area contributed by atoms with E-state index in [2.05, 4.69) is 5.32 Å². The van der Waals surface area contributed by atoms with Crippen LogP contribution in [0.15, 0.2) is 18.2 Å². The molecule has 2 rings (SSSR count). The molecule has 0 amide bonds. The molecule has 0 bridgehead atoms. The lowest BCUT2D eigenvalue weighted by atomic mass is 10.1. The molecule has 0 saturated carbocycles. The van der Waals surface area contributed by atoms with E-state index in [4.69, 9.17) is 5.26 Å². The lowest BCUT2D eigenvalue weighted by molar-refractivity contribution is -0.137. The van der Waals surface area contributed by atoms with Gasteiger partial charge in [0.25, 0.3) is 0 Å². The van der Waals surface area contributed by atoms with Crippen molar-refractivity contribution in [1.29, 1.82) is 5.26 Å². The average Bonchev–Trinajstić information content (AvgIpc) is 2.67. The Bertz CT molecular complexity index is 662. The number of halogens is 3. The van der Waals surface area contributed by atoms with Gasteiger partial charge in [0, 0.05) is 11.7 Å². The SMILES string of the molecule is N#Cc1ccc(NC2CCS(=O)(=O)C2)cc1C(F)(F)F. The first kappa shape index (κ1) is 14.7. The van der Waals surface area contributed by atoms with Crippen LogP contribution in [0.25, 0.3) is 0 Å². The van der Waals surface area contributed by atoms with Crippen molar-refractivity contribution in [3.05, 3.63) is 29.3 Å². The maximum Gasteiger partial charge on any atom is 0.417 e. The first-order valence-electron chi connectivity index (χ1n) is 5.79. The Morgan fingerprint density at radius 1 is 1.35 bits per heavy atom. The van der Waals surface area contributed by atoms with E-state index in [9.17, 15) is 21.6 Å².